The van der Waals surface area contributed by atoms with E-state index >= 15 is 0 Å². The van der Waals surface area contributed by atoms with E-state index < -0.39 is 16.1 Å². The number of rotatable bonds is 4. The Balaban J connectivity index is 1.96. The van der Waals surface area contributed by atoms with Crippen molar-refractivity contribution in [3.05, 3.63) is 54.7 Å². The maximum Gasteiger partial charge on any atom is 0.345 e. The Labute approximate surface area is 185 Å². The number of hydrogen-bond donors (Lipinski definition) is 1. The van der Waals surface area contributed by atoms with Crippen molar-refractivity contribution in [1.29, 1.82) is 0 Å². The Morgan fingerprint density at radius 3 is 2.26 bits per heavy atom. The molecule has 0 bridgehead atoms. The molecule has 1 aliphatic carbocycles. The van der Waals surface area contributed by atoms with Crippen LogP contribution in [0.2, 0.25) is 0 Å². The van der Waals surface area contributed by atoms with Gasteiger partial charge < -0.3 is 4.74 Å². The Morgan fingerprint density at radius 1 is 1.04 bits per heavy atom. The second kappa shape index (κ2) is 8.75. The van der Waals surface area contributed by atoms with Gasteiger partial charge in [0.05, 0.1) is 10.5 Å². The first-order chi connectivity index (χ1) is 12.8. The van der Waals surface area contributed by atoms with Crippen LogP contribution in [0.4, 0.5) is 0 Å². The molecule has 1 saturated carbocycles. The summed E-state index contributed by atoms with van der Waals surface area (Å²) >= 11 is 4.17. The predicted molar refractivity (Wildman–Crippen MR) is 119 cm³/mol. The van der Waals surface area contributed by atoms with Crippen LogP contribution in [0.15, 0.2) is 41.3 Å². The quantitative estimate of drug-likeness (QED) is 0.216. The average Bonchev–Trinajstić information content (AvgIpc) is 2.61. The molecule has 0 radical (unpaired) electrons. The number of carbonyl (C=O) groups excluding carboxylic acids is 1. The molecule has 1 N–H and O–H groups in total. The fraction of sp³-hybridized carbons (Fsp3) is 0.316. The topological polar surface area (TPSA) is 80.7 Å². The lowest BCUT2D eigenvalue weighted by Crippen LogP contribution is -2.14. The van der Waals surface area contributed by atoms with Crippen LogP contribution in [0.3, 0.4) is 0 Å². The molecule has 0 aromatic heterocycles. The van der Waals surface area contributed by atoms with Gasteiger partial charge in [-0.2, -0.15) is 8.42 Å². The van der Waals surface area contributed by atoms with Crippen molar-refractivity contribution in [1.82, 2.24) is 0 Å². The van der Waals surface area contributed by atoms with E-state index in [1.54, 1.807) is 6.07 Å². The van der Waals surface area contributed by atoms with Gasteiger partial charge in [-0.1, -0.05) is 25.3 Å². The Bertz CT molecular complexity index is 946. The van der Waals surface area contributed by atoms with Gasteiger partial charge in [0.15, 0.2) is 0 Å². The molecule has 0 atom stereocenters. The molecule has 2 aromatic carbocycles. The molecule has 0 amide bonds. The Morgan fingerprint density at radius 2 is 1.67 bits per heavy atom. The first kappa shape index (κ1) is 21.0. The van der Waals surface area contributed by atoms with Gasteiger partial charge in [-0.15, -0.1) is 0 Å². The van der Waals surface area contributed by atoms with Crippen LogP contribution >= 0.6 is 45.2 Å². The van der Waals surface area contributed by atoms with Crippen molar-refractivity contribution in [2.24, 2.45) is 0 Å². The van der Waals surface area contributed by atoms with Crippen LogP contribution in [0.1, 0.15) is 53.9 Å². The summed E-state index contributed by atoms with van der Waals surface area (Å²) in [6.45, 7) is 0. The number of ether oxygens (including phenoxy) is 1. The van der Waals surface area contributed by atoms with E-state index in [0.717, 1.165) is 39.2 Å². The highest BCUT2D eigenvalue weighted by Crippen LogP contribution is 2.38. The lowest BCUT2D eigenvalue weighted by Gasteiger charge is -2.24. The van der Waals surface area contributed by atoms with E-state index in [0.29, 0.717) is 11.1 Å². The number of esters is 1. The van der Waals surface area contributed by atoms with Crippen LogP contribution < -0.4 is 4.74 Å². The van der Waals surface area contributed by atoms with Crippen molar-refractivity contribution >= 4 is 61.3 Å². The fourth-order valence-corrected chi connectivity index (χ4v) is 6.12. The predicted octanol–water partition coefficient (Wildman–Crippen LogP) is 5.41. The molecular weight excluding hydrogens is 594 g/mol. The largest absolute Gasteiger partial charge is 0.423 e. The summed E-state index contributed by atoms with van der Waals surface area (Å²) in [5.41, 5.74) is 1.01. The highest BCUT2D eigenvalue weighted by Gasteiger charge is 2.25. The van der Waals surface area contributed by atoms with Crippen molar-refractivity contribution < 1.29 is 22.5 Å². The SMILES string of the molecule is O=C(Oc1ccc(S(=O)(=O)O)c(C2CCCCC2)c1)c1c(I)cccc1I. The molecule has 5 nitrogen and oxygen atoms in total. The number of carbonyl (C=O) groups is 1. The molecule has 0 saturated heterocycles. The molecule has 2 aromatic rings. The summed E-state index contributed by atoms with van der Waals surface area (Å²) in [6, 6.07) is 9.84. The van der Waals surface area contributed by atoms with Gasteiger partial charge in [-0.3, -0.25) is 4.55 Å². The minimum absolute atomic E-state index is 0.0336. The maximum atomic E-state index is 12.6. The van der Waals surface area contributed by atoms with Crippen molar-refractivity contribution in [3.8, 4) is 5.75 Å². The van der Waals surface area contributed by atoms with Crippen molar-refractivity contribution in [2.75, 3.05) is 0 Å². The smallest absolute Gasteiger partial charge is 0.345 e. The summed E-state index contributed by atoms with van der Waals surface area (Å²) in [6.07, 6.45) is 4.86. The van der Waals surface area contributed by atoms with Gasteiger partial charge in [-0.05, 0) is 99.8 Å². The molecule has 1 fully saturated rings. The van der Waals surface area contributed by atoms with E-state index in [4.69, 9.17) is 4.74 Å². The molecule has 27 heavy (non-hydrogen) atoms. The maximum absolute atomic E-state index is 12.6. The average molecular weight is 612 g/mol. The monoisotopic (exact) mass is 612 g/mol. The zero-order chi connectivity index (χ0) is 19.6. The third-order valence-electron chi connectivity index (χ3n) is 4.68. The zero-order valence-corrected chi connectivity index (χ0v) is 19.5. The normalized spacial score (nSPS) is 15.5. The number of halogens is 2. The third kappa shape index (κ3) is 5.01. The molecule has 144 valence electrons. The lowest BCUT2D eigenvalue weighted by molar-refractivity contribution is 0.0732. The second-order valence-electron chi connectivity index (χ2n) is 6.50. The minimum atomic E-state index is -4.34. The zero-order valence-electron chi connectivity index (χ0n) is 14.3. The van der Waals surface area contributed by atoms with E-state index in [-0.39, 0.29) is 16.6 Å². The lowest BCUT2D eigenvalue weighted by atomic mass is 9.84. The van der Waals surface area contributed by atoms with E-state index in [2.05, 4.69) is 45.2 Å². The van der Waals surface area contributed by atoms with Crippen molar-refractivity contribution in [2.45, 2.75) is 42.9 Å². The molecule has 0 unspecified atom stereocenters. The van der Waals surface area contributed by atoms with Gasteiger partial charge in [-0.25, -0.2) is 4.79 Å². The molecular formula is C19H18I2O5S. The molecule has 1 aliphatic rings. The molecule has 0 aliphatic heterocycles. The first-order valence-corrected chi connectivity index (χ1v) is 12.1. The van der Waals surface area contributed by atoms with Gasteiger partial charge in [0.25, 0.3) is 10.1 Å². The number of hydrogen-bond acceptors (Lipinski definition) is 4. The summed E-state index contributed by atoms with van der Waals surface area (Å²) in [7, 11) is -4.34. The summed E-state index contributed by atoms with van der Waals surface area (Å²) < 4.78 is 40.3. The molecule has 8 heteroatoms. The minimum Gasteiger partial charge on any atom is -0.423 e. The van der Waals surface area contributed by atoms with Gasteiger partial charge in [0.1, 0.15) is 5.75 Å². The van der Waals surface area contributed by atoms with Crippen LogP contribution in [0.5, 0.6) is 5.75 Å². The van der Waals surface area contributed by atoms with E-state index in [9.17, 15) is 17.8 Å². The first-order valence-electron chi connectivity index (χ1n) is 8.55. The van der Waals surface area contributed by atoms with Crippen LogP contribution in [0.25, 0.3) is 0 Å². The molecule has 0 spiro atoms. The Hall–Kier alpha value is -0.720. The standard InChI is InChI=1S/C19H18I2O5S/c20-15-7-4-8-16(21)18(15)19(22)26-13-9-10-17(27(23,24)25)14(11-13)12-5-2-1-3-6-12/h4,7-12H,1-3,5-6H2,(H,23,24,25). The third-order valence-corrected chi connectivity index (χ3v) is 7.41. The number of benzene rings is 2. The Kier molecular flexibility index (Phi) is 6.80. The van der Waals surface area contributed by atoms with E-state index in [1.807, 2.05) is 18.2 Å². The molecule has 3 rings (SSSR count). The van der Waals surface area contributed by atoms with Crippen LogP contribution in [-0.4, -0.2) is 18.9 Å². The van der Waals surface area contributed by atoms with Crippen LogP contribution in [-0.2, 0) is 10.1 Å². The summed E-state index contributed by atoms with van der Waals surface area (Å²) in [5.74, 6) is -0.173. The summed E-state index contributed by atoms with van der Waals surface area (Å²) in [5, 5.41) is 0. The van der Waals surface area contributed by atoms with Gasteiger partial charge >= 0.3 is 5.97 Å². The highest BCUT2D eigenvalue weighted by molar-refractivity contribution is 14.1. The van der Waals surface area contributed by atoms with Gasteiger partial charge in [0.2, 0.25) is 0 Å². The fourth-order valence-electron chi connectivity index (χ4n) is 3.41. The second-order valence-corrected chi connectivity index (χ2v) is 10.2. The highest BCUT2D eigenvalue weighted by atomic mass is 127. The van der Waals surface area contributed by atoms with Crippen LogP contribution in [0, 0.1) is 7.14 Å². The van der Waals surface area contributed by atoms with Crippen molar-refractivity contribution in [3.63, 3.8) is 0 Å². The molecule has 0 heterocycles. The summed E-state index contributed by atoms with van der Waals surface area (Å²) in [4.78, 5) is 12.5. The van der Waals surface area contributed by atoms with Gasteiger partial charge in [0, 0.05) is 7.14 Å². The van der Waals surface area contributed by atoms with E-state index in [1.165, 1.54) is 12.1 Å².